The topological polar surface area (TPSA) is 116 Å². The van der Waals surface area contributed by atoms with Gasteiger partial charge in [0.2, 0.25) is 5.76 Å². The summed E-state index contributed by atoms with van der Waals surface area (Å²) < 4.78 is 15.1. The number of carboxylic acid groups (broad SMARTS) is 1. The number of esters is 2. The highest BCUT2D eigenvalue weighted by Gasteiger charge is 2.47. The molecule has 2 fully saturated rings. The summed E-state index contributed by atoms with van der Waals surface area (Å²) >= 11 is 0. The average molecular weight is 399 g/mol. The Morgan fingerprint density at radius 1 is 1.14 bits per heavy atom. The van der Waals surface area contributed by atoms with E-state index >= 15 is 0 Å². The second kappa shape index (κ2) is 7.90. The lowest BCUT2D eigenvalue weighted by atomic mass is 10.1. The zero-order valence-corrected chi connectivity index (χ0v) is 16.2. The van der Waals surface area contributed by atoms with Gasteiger partial charge in [0.05, 0.1) is 0 Å². The summed E-state index contributed by atoms with van der Waals surface area (Å²) in [6, 6.07) is 7.50. The molecule has 2 aliphatic rings. The highest BCUT2D eigenvalue weighted by molar-refractivity contribution is 6.14. The lowest BCUT2D eigenvalue weighted by Gasteiger charge is -2.32. The van der Waals surface area contributed by atoms with Crippen molar-refractivity contribution in [3.63, 3.8) is 0 Å². The molecule has 152 valence electrons. The van der Waals surface area contributed by atoms with Crippen molar-refractivity contribution in [2.75, 3.05) is 0 Å². The molecular weight excluding hydrogens is 378 g/mol. The third-order valence-corrected chi connectivity index (χ3v) is 4.64. The minimum Gasteiger partial charge on any atom is -0.475 e. The predicted octanol–water partition coefficient (Wildman–Crippen LogP) is 3.57. The van der Waals surface area contributed by atoms with Crippen molar-refractivity contribution in [3.05, 3.63) is 53.6 Å². The number of carbonyl (C=O) groups is 3. The smallest absolute Gasteiger partial charge is 0.374 e. The lowest BCUT2D eigenvalue weighted by molar-refractivity contribution is -0.232. The van der Waals surface area contributed by atoms with Crippen molar-refractivity contribution in [3.8, 4) is 11.3 Å². The molecule has 0 atom stereocenters. The van der Waals surface area contributed by atoms with E-state index in [9.17, 15) is 14.4 Å². The van der Waals surface area contributed by atoms with Crippen LogP contribution in [0.5, 0.6) is 0 Å². The first kappa shape index (κ1) is 20.3. The molecule has 1 spiro atoms. The van der Waals surface area contributed by atoms with Gasteiger partial charge in [0.25, 0.3) is 5.79 Å². The fraction of sp³-hybridized carbons (Fsp3) is 0.333. The van der Waals surface area contributed by atoms with E-state index in [0.29, 0.717) is 24.4 Å². The van der Waals surface area contributed by atoms with Crippen LogP contribution in [-0.2, 0) is 19.1 Å². The second-order valence-electron chi connectivity index (χ2n) is 6.96. The Bertz CT molecular complexity index is 961. The number of carbonyl (C=O) groups excluding carboxylic acids is 2. The SMILES string of the molecule is C=C1C(=O)OC2(CCCC2)OC1=O.Cc1cccc(-c2nc(C)oc2C(=O)O)c1. The molecule has 1 saturated carbocycles. The van der Waals surface area contributed by atoms with Gasteiger partial charge in [0.1, 0.15) is 11.3 Å². The molecule has 2 heterocycles. The zero-order chi connectivity index (χ0) is 21.2. The van der Waals surface area contributed by atoms with Crippen LogP contribution in [0.1, 0.15) is 47.7 Å². The van der Waals surface area contributed by atoms with Crippen LogP contribution >= 0.6 is 0 Å². The Balaban J connectivity index is 0.000000169. The molecule has 0 radical (unpaired) electrons. The number of rotatable bonds is 2. The summed E-state index contributed by atoms with van der Waals surface area (Å²) in [6.07, 6.45) is 3.07. The largest absolute Gasteiger partial charge is 0.475 e. The number of carboxylic acids is 1. The van der Waals surface area contributed by atoms with Crippen molar-refractivity contribution >= 4 is 17.9 Å². The number of benzene rings is 1. The van der Waals surface area contributed by atoms with Crippen LogP contribution < -0.4 is 0 Å². The van der Waals surface area contributed by atoms with Gasteiger partial charge >= 0.3 is 17.9 Å². The molecule has 0 amide bonds. The Morgan fingerprint density at radius 2 is 1.76 bits per heavy atom. The molecule has 0 unspecified atom stereocenters. The maximum Gasteiger partial charge on any atom is 0.374 e. The molecule has 0 bridgehead atoms. The monoisotopic (exact) mass is 399 g/mol. The van der Waals surface area contributed by atoms with Gasteiger partial charge in [-0.25, -0.2) is 19.4 Å². The minimum atomic E-state index is -1.10. The number of aromatic nitrogens is 1. The molecule has 2 aromatic rings. The van der Waals surface area contributed by atoms with E-state index in [1.54, 1.807) is 6.92 Å². The van der Waals surface area contributed by atoms with E-state index in [0.717, 1.165) is 24.0 Å². The predicted molar refractivity (Wildman–Crippen MR) is 101 cm³/mol. The van der Waals surface area contributed by atoms with Gasteiger partial charge in [-0.15, -0.1) is 0 Å². The molecule has 8 heteroatoms. The summed E-state index contributed by atoms with van der Waals surface area (Å²) in [5.41, 5.74) is 1.98. The molecule has 1 aromatic heterocycles. The Hall–Kier alpha value is -3.42. The fourth-order valence-electron chi connectivity index (χ4n) is 3.24. The fourth-order valence-corrected chi connectivity index (χ4v) is 3.24. The Morgan fingerprint density at radius 3 is 2.31 bits per heavy atom. The van der Waals surface area contributed by atoms with E-state index in [1.165, 1.54) is 0 Å². The van der Waals surface area contributed by atoms with Gasteiger partial charge in [-0.2, -0.15) is 0 Å². The lowest BCUT2D eigenvalue weighted by Crippen LogP contribution is -2.44. The number of hydrogen-bond donors (Lipinski definition) is 1. The number of hydrogen-bond acceptors (Lipinski definition) is 7. The molecule has 29 heavy (non-hydrogen) atoms. The van der Waals surface area contributed by atoms with E-state index < -0.39 is 23.7 Å². The Labute approximate surface area is 167 Å². The van der Waals surface area contributed by atoms with Gasteiger partial charge in [-0.1, -0.05) is 30.3 Å². The van der Waals surface area contributed by atoms with Gasteiger partial charge in [-0.05, 0) is 25.8 Å². The molecule has 8 nitrogen and oxygen atoms in total. The number of ether oxygens (including phenoxy) is 2. The molecule has 4 rings (SSSR count). The van der Waals surface area contributed by atoms with E-state index in [4.69, 9.17) is 19.0 Å². The maximum atomic E-state index is 11.1. The third-order valence-electron chi connectivity index (χ3n) is 4.64. The standard InChI is InChI=1S/C12H11NO3.C9H10O4/c1-7-4-3-5-9(6-7)10-11(12(14)15)16-8(2)13-10;1-6-7(10)12-9(13-8(6)11)4-2-3-5-9/h3-6H,1-2H3,(H,14,15);1-5H2. The number of oxazole rings is 1. The second-order valence-corrected chi connectivity index (χ2v) is 6.96. The van der Waals surface area contributed by atoms with E-state index in [2.05, 4.69) is 11.6 Å². The zero-order valence-electron chi connectivity index (χ0n) is 16.2. The summed E-state index contributed by atoms with van der Waals surface area (Å²) in [5, 5.41) is 8.98. The first-order valence-corrected chi connectivity index (χ1v) is 9.14. The number of nitrogens with zero attached hydrogens (tertiary/aromatic N) is 1. The molecule has 1 aromatic carbocycles. The van der Waals surface area contributed by atoms with Crippen molar-refractivity contribution in [2.24, 2.45) is 0 Å². The van der Waals surface area contributed by atoms with Crippen LogP contribution in [0.3, 0.4) is 0 Å². The highest BCUT2D eigenvalue weighted by Crippen LogP contribution is 2.37. The summed E-state index contributed by atoms with van der Waals surface area (Å²) in [7, 11) is 0. The van der Waals surface area contributed by atoms with Crippen LogP contribution in [-0.4, -0.2) is 33.8 Å². The van der Waals surface area contributed by atoms with Crippen LogP contribution in [0.25, 0.3) is 11.3 Å². The molecule has 1 aliphatic heterocycles. The number of aromatic carboxylic acids is 1. The summed E-state index contributed by atoms with van der Waals surface area (Å²) in [4.78, 5) is 37.3. The minimum absolute atomic E-state index is 0.108. The van der Waals surface area contributed by atoms with Crippen molar-refractivity contribution in [1.82, 2.24) is 4.98 Å². The van der Waals surface area contributed by atoms with Gasteiger partial charge in [-0.3, -0.25) is 0 Å². The van der Waals surface area contributed by atoms with E-state index in [-0.39, 0.29) is 11.3 Å². The van der Waals surface area contributed by atoms with E-state index in [1.807, 2.05) is 31.2 Å². The van der Waals surface area contributed by atoms with Crippen LogP contribution in [0, 0.1) is 13.8 Å². The van der Waals surface area contributed by atoms with Crippen LogP contribution in [0.15, 0.2) is 40.8 Å². The van der Waals surface area contributed by atoms with Crippen molar-refractivity contribution in [2.45, 2.75) is 45.3 Å². The molecular formula is C21H21NO7. The van der Waals surface area contributed by atoms with Crippen molar-refractivity contribution in [1.29, 1.82) is 0 Å². The van der Waals surface area contributed by atoms with Gasteiger partial charge < -0.3 is 19.0 Å². The first-order valence-electron chi connectivity index (χ1n) is 9.14. The quantitative estimate of drug-likeness (QED) is 0.463. The normalized spacial score (nSPS) is 17.4. The van der Waals surface area contributed by atoms with Crippen LogP contribution in [0.2, 0.25) is 0 Å². The summed E-state index contributed by atoms with van der Waals surface area (Å²) in [5.74, 6) is -3.10. The maximum absolute atomic E-state index is 11.1. The van der Waals surface area contributed by atoms with Crippen LogP contribution in [0.4, 0.5) is 0 Å². The summed E-state index contributed by atoms with van der Waals surface area (Å²) in [6.45, 7) is 6.85. The molecule has 1 aliphatic carbocycles. The van der Waals surface area contributed by atoms with Gasteiger partial charge in [0.15, 0.2) is 5.89 Å². The highest BCUT2D eigenvalue weighted by atomic mass is 16.7. The van der Waals surface area contributed by atoms with Gasteiger partial charge in [0, 0.05) is 25.3 Å². The third kappa shape index (κ3) is 4.37. The van der Waals surface area contributed by atoms with Crippen molar-refractivity contribution < 1.29 is 33.4 Å². The Kier molecular flexibility index (Phi) is 5.54. The average Bonchev–Trinajstić information content (AvgIpc) is 3.27. The first-order chi connectivity index (χ1) is 13.7. The molecule has 1 saturated heterocycles. The number of aryl methyl sites for hydroxylation is 2. The molecule has 1 N–H and O–H groups in total.